The summed E-state index contributed by atoms with van der Waals surface area (Å²) in [6.07, 6.45) is 0.871. The van der Waals surface area contributed by atoms with E-state index >= 15 is 0 Å². The molecule has 0 aromatic heterocycles. The fourth-order valence-corrected chi connectivity index (χ4v) is 3.67. The normalized spacial score (nSPS) is 21.3. The Kier molecular flexibility index (Phi) is 4.27. The SMILES string of the molecule is CN1CCC(NS(=O)(=O)Cc2ccc(Cl)cc2)C1. The molecule has 1 saturated heterocycles. The molecule has 4 nitrogen and oxygen atoms in total. The van der Waals surface area contributed by atoms with Crippen LogP contribution in [0.3, 0.4) is 0 Å². The molecule has 0 radical (unpaired) electrons. The number of sulfonamides is 1. The second kappa shape index (κ2) is 5.57. The van der Waals surface area contributed by atoms with Crippen molar-refractivity contribution in [3.63, 3.8) is 0 Å². The van der Waals surface area contributed by atoms with E-state index in [-0.39, 0.29) is 11.8 Å². The molecular formula is C12H17ClN2O2S. The molecular weight excluding hydrogens is 272 g/mol. The van der Waals surface area contributed by atoms with Gasteiger partial charge in [-0.3, -0.25) is 0 Å². The summed E-state index contributed by atoms with van der Waals surface area (Å²) in [5.74, 6) is 0.00435. The lowest BCUT2D eigenvalue weighted by Crippen LogP contribution is -2.37. The number of hydrogen-bond acceptors (Lipinski definition) is 3. The van der Waals surface area contributed by atoms with Gasteiger partial charge in [0.25, 0.3) is 0 Å². The summed E-state index contributed by atoms with van der Waals surface area (Å²) in [6, 6.07) is 6.92. The van der Waals surface area contributed by atoms with Crippen LogP contribution in [-0.4, -0.2) is 39.5 Å². The van der Waals surface area contributed by atoms with Gasteiger partial charge in [-0.15, -0.1) is 0 Å². The van der Waals surface area contributed by atoms with Gasteiger partial charge in [0.1, 0.15) is 0 Å². The van der Waals surface area contributed by atoms with Gasteiger partial charge in [-0.1, -0.05) is 23.7 Å². The average Bonchev–Trinajstić information content (AvgIpc) is 2.66. The maximum atomic E-state index is 12.0. The smallest absolute Gasteiger partial charge is 0.216 e. The zero-order valence-electron chi connectivity index (χ0n) is 10.3. The second-order valence-corrected chi connectivity index (χ2v) is 6.94. The Hall–Kier alpha value is -0.620. The first-order valence-corrected chi connectivity index (χ1v) is 7.91. The third-order valence-corrected chi connectivity index (χ3v) is 4.67. The molecule has 100 valence electrons. The lowest BCUT2D eigenvalue weighted by atomic mass is 10.2. The third kappa shape index (κ3) is 3.95. The van der Waals surface area contributed by atoms with Crippen LogP contribution < -0.4 is 4.72 Å². The van der Waals surface area contributed by atoms with Crippen LogP contribution in [-0.2, 0) is 15.8 Å². The minimum atomic E-state index is -3.27. The Morgan fingerprint density at radius 1 is 1.39 bits per heavy atom. The van der Waals surface area contributed by atoms with Crippen LogP contribution in [0.4, 0.5) is 0 Å². The number of hydrogen-bond donors (Lipinski definition) is 1. The van der Waals surface area contributed by atoms with E-state index in [2.05, 4.69) is 9.62 Å². The molecule has 0 bridgehead atoms. The van der Waals surface area contributed by atoms with E-state index in [1.807, 2.05) is 7.05 Å². The van der Waals surface area contributed by atoms with Gasteiger partial charge in [0.15, 0.2) is 0 Å². The molecule has 6 heteroatoms. The van der Waals surface area contributed by atoms with Gasteiger partial charge >= 0.3 is 0 Å². The zero-order chi connectivity index (χ0) is 13.2. The lowest BCUT2D eigenvalue weighted by molar-refractivity contribution is 0.407. The van der Waals surface area contributed by atoms with E-state index in [1.54, 1.807) is 24.3 Å². The van der Waals surface area contributed by atoms with Gasteiger partial charge in [-0.25, -0.2) is 13.1 Å². The highest BCUT2D eigenvalue weighted by Gasteiger charge is 2.24. The standard InChI is InChI=1S/C12H17ClN2O2S/c1-15-7-6-12(8-15)14-18(16,17)9-10-2-4-11(13)5-3-10/h2-5,12,14H,6-9H2,1H3. The van der Waals surface area contributed by atoms with Gasteiger partial charge in [-0.05, 0) is 37.7 Å². The van der Waals surface area contributed by atoms with Crippen LogP contribution in [0.25, 0.3) is 0 Å². The second-order valence-electron chi connectivity index (χ2n) is 4.75. The van der Waals surface area contributed by atoms with Crippen molar-refractivity contribution in [3.8, 4) is 0 Å². The molecule has 18 heavy (non-hydrogen) atoms. The highest BCUT2D eigenvalue weighted by molar-refractivity contribution is 7.88. The van der Waals surface area contributed by atoms with Gasteiger partial charge in [-0.2, -0.15) is 0 Å². The maximum absolute atomic E-state index is 12.0. The first-order valence-electron chi connectivity index (χ1n) is 5.87. The van der Waals surface area contributed by atoms with Gasteiger partial charge < -0.3 is 4.90 Å². The molecule has 1 aromatic rings. The number of likely N-dealkylation sites (N-methyl/N-ethyl adjacent to an activating group) is 1. The minimum Gasteiger partial charge on any atom is -0.305 e. The summed E-state index contributed by atoms with van der Waals surface area (Å²) in [5.41, 5.74) is 0.748. The Bertz CT molecular complexity index is 501. The molecule has 2 rings (SSSR count). The molecule has 1 aliphatic rings. The van der Waals surface area contributed by atoms with Gasteiger partial charge in [0, 0.05) is 17.6 Å². The largest absolute Gasteiger partial charge is 0.305 e. The fourth-order valence-electron chi connectivity index (χ4n) is 2.13. The lowest BCUT2D eigenvalue weighted by Gasteiger charge is -2.13. The van der Waals surface area contributed by atoms with Crippen molar-refractivity contribution in [1.82, 2.24) is 9.62 Å². The summed E-state index contributed by atoms with van der Waals surface area (Å²) in [4.78, 5) is 2.12. The average molecular weight is 289 g/mol. The summed E-state index contributed by atoms with van der Waals surface area (Å²) in [6.45, 7) is 1.72. The summed E-state index contributed by atoms with van der Waals surface area (Å²) < 4.78 is 26.7. The maximum Gasteiger partial charge on any atom is 0.216 e. The van der Waals surface area contributed by atoms with Crippen LogP contribution in [0.5, 0.6) is 0 Å². The predicted octanol–water partition coefficient (Wildman–Crippen LogP) is 1.46. The molecule has 1 aromatic carbocycles. The number of rotatable bonds is 4. The van der Waals surface area contributed by atoms with Crippen molar-refractivity contribution in [3.05, 3.63) is 34.9 Å². The number of nitrogens with zero attached hydrogens (tertiary/aromatic N) is 1. The Morgan fingerprint density at radius 3 is 2.61 bits per heavy atom. The van der Waals surface area contributed by atoms with E-state index in [0.29, 0.717) is 5.02 Å². The molecule has 0 spiro atoms. The molecule has 1 N–H and O–H groups in total. The molecule has 0 saturated carbocycles. The molecule has 1 aliphatic heterocycles. The number of halogens is 1. The van der Waals surface area contributed by atoms with Crippen LogP contribution in [0.1, 0.15) is 12.0 Å². The van der Waals surface area contributed by atoms with Crippen LogP contribution >= 0.6 is 11.6 Å². The highest BCUT2D eigenvalue weighted by Crippen LogP contribution is 2.13. The number of likely N-dealkylation sites (tertiary alicyclic amines) is 1. The van der Waals surface area contributed by atoms with Crippen LogP contribution in [0.15, 0.2) is 24.3 Å². The molecule has 1 fully saturated rings. The first kappa shape index (κ1) is 13.8. The monoisotopic (exact) mass is 288 g/mol. The Balaban J connectivity index is 1.97. The van der Waals surface area contributed by atoms with Crippen molar-refractivity contribution in [1.29, 1.82) is 0 Å². The van der Waals surface area contributed by atoms with E-state index in [4.69, 9.17) is 11.6 Å². The predicted molar refractivity (Wildman–Crippen MR) is 73.1 cm³/mol. The fraction of sp³-hybridized carbons (Fsp3) is 0.500. The zero-order valence-corrected chi connectivity index (χ0v) is 11.8. The topological polar surface area (TPSA) is 49.4 Å². The first-order chi connectivity index (χ1) is 8.44. The van der Waals surface area contributed by atoms with E-state index in [9.17, 15) is 8.42 Å². The van der Waals surface area contributed by atoms with Gasteiger partial charge in [0.2, 0.25) is 10.0 Å². The Morgan fingerprint density at radius 2 is 2.06 bits per heavy atom. The third-order valence-electron chi connectivity index (χ3n) is 3.01. The Labute approximate surface area is 113 Å². The number of nitrogens with one attached hydrogen (secondary N) is 1. The van der Waals surface area contributed by atoms with E-state index in [1.165, 1.54) is 0 Å². The van der Waals surface area contributed by atoms with Crippen LogP contribution in [0.2, 0.25) is 5.02 Å². The molecule has 0 amide bonds. The molecule has 1 unspecified atom stereocenters. The van der Waals surface area contributed by atoms with Crippen molar-refractivity contribution in [2.24, 2.45) is 0 Å². The summed E-state index contributed by atoms with van der Waals surface area (Å²) in [7, 11) is -1.28. The van der Waals surface area contributed by atoms with Crippen molar-refractivity contribution >= 4 is 21.6 Å². The molecule has 0 aliphatic carbocycles. The van der Waals surface area contributed by atoms with Crippen molar-refractivity contribution in [2.75, 3.05) is 20.1 Å². The highest BCUT2D eigenvalue weighted by atomic mass is 35.5. The number of benzene rings is 1. The van der Waals surface area contributed by atoms with Crippen molar-refractivity contribution in [2.45, 2.75) is 18.2 Å². The minimum absolute atomic E-state index is 0.00435. The summed E-state index contributed by atoms with van der Waals surface area (Å²) in [5, 5.41) is 0.613. The van der Waals surface area contributed by atoms with Crippen molar-refractivity contribution < 1.29 is 8.42 Å². The molecule has 1 heterocycles. The summed E-state index contributed by atoms with van der Waals surface area (Å²) >= 11 is 5.77. The quantitative estimate of drug-likeness (QED) is 0.913. The van der Waals surface area contributed by atoms with Gasteiger partial charge in [0.05, 0.1) is 5.75 Å². The van der Waals surface area contributed by atoms with Crippen LogP contribution in [0, 0.1) is 0 Å². The molecule has 1 atom stereocenters. The van der Waals surface area contributed by atoms with E-state index < -0.39 is 10.0 Å². The van der Waals surface area contributed by atoms with E-state index in [0.717, 1.165) is 25.1 Å².